The first-order chi connectivity index (χ1) is 16.6. The number of nitrogens with zero attached hydrogens (tertiary/aromatic N) is 2. The molecular weight excluding hydrogens is 444 g/mol. The van der Waals surface area contributed by atoms with Crippen molar-refractivity contribution in [3.05, 3.63) is 90.2 Å². The number of carbonyl (C=O) groups is 1. The Morgan fingerprint density at radius 3 is 2.56 bits per heavy atom. The van der Waals surface area contributed by atoms with Crippen molar-refractivity contribution < 1.29 is 14.3 Å². The quantitative estimate of drug-likeness (QED) is 0.246. The summed E-state index contributed by atoms with van der Waals surface area (Å²) in [6.45, 7) is 6.99. The third-order valence-electron chi connectivity index (χ3n) is 5.95. The van der Waals surface area contributed by atoms with E-state index in [0.29, 0.717) is 19.6 Å². The van der Waals surface area contributed by atoms with Crippen LogP contribution in [0.4, 0.5) is 0 Å². The molecule has 1 aromatic heterocycles. The summed E-state index contributed by atoms with van der Waals surface area (Å²) in [6.07, 6.45) is 4.24. The van der Waals surface area contributed by atoms with Crippen LogP contribution in [0.2, 0.25) is 0 Å². The van der Waals surface area contributed by atoms with Gasteiger partial charge in [-0.15, -0.1) is 0 Å². The Bertz CT molecular complexity index is 1450. The minimum atomic E-state index is -0.218. The van der Waals surface area contributed by atoms with E-state index < -0.39 is 0 Å². The van der Waals surface area contributed by atoms with E-state index >= 15 is 0 Å². The number of benzene rings is 3. The van der Waals surface area contributed by atoms with E-state index in [-0.39, 0.29) is 16.8 Å². The summed E-state index contributed by atoms with van der Waals surface area (Å²) in [4.78, 5) is 14.5. The van der Waals surface area contributed by atoms with Crippen molar-refractivity contribution in [3.63, 3.8) is 0 Å². The van der Waals surface area contributed by atoms with Crippen molar-refractivity contribution in [1.82, 2.24) is 9.47 Å². The molecule has 0 spiro atoms. The van der Waals surface area contributed by atoms with E-state index in [9.17, 15) is 4.79 Å². The van der Waals surface area contributed by atoms with Crippen LogP contribution in [0.1, 0.15) is 18.1 Å². The van der Waals surface area contributed by atoms with Gasteiger partial charge in [-0.25, -0.2) is 0 Å². The fourth-order valence-electron chi connectivity index (χ4n) is 4.31. The first kappa shape index (κ1) is 21.9. The fourth-order valence-corrected chi connectivity index (χ4v) is 4.58. The highest BCUT2D eigenvalue weighted by molar-refractivity contribution is 7.80. The maximum atomic E-state index is 13.0. The summed E-state index contributed by atoms with van der Waals surface area (Å²) in [5.74, 6) is 0.855. The van der Waals surface area contributed by atoms with Gasteiger partial charge in [-0.2, -0.15) is 0 Å². The SMILES string of the molecule is C=Cn1c2ccccc2c2cc(/C=C3/OC(=S)N(CCc4ccc(OCC)cc4)C3=O)ccc21. The number of aromatic nitrogens is 1. The topological polar surface area (TPSA) is 43.7 Å². The number of fused-ring (bicyclic) bond motifs is 3. The smallest absolute Gasteiger partial charge is 0.297 e. The molecule has 0 bridgehead atoms. The molecule has 3 aromatic carbocycles. The summed E-state index contributed by atoms with van der Waals surface area (Å²) < 4.78 is 13.2. The van der Waals surface area contributed by atoms with Crippen LogP contribution in [0.5, 0.6) is 5.75 Å². The molecule has 6 heteroatoms. The van der Waals surface area contributed by atoms with Crippen molar-refractivity contribution >= 4 is 57.4 Å². The molecular formula is C28H24N2O3S. The average Bonchev–Trinajstić information content (AvgIpc) is 3.31. The second-order valence-corrected chi connectivity index (χ2v) is 8.36. The van der Waals surface area contributed by atoms with Gasteiger partial charge in [0, 0.05) is 23.5 Å². The standard InChI is InChI=1S/C28H24N2O3S/c1-3-29-24-8-6-5-7-22(24)23-17-20(11-14-25(23)29)18-26-27(31)30(28(34)33-26)16-15-19-9-12-21(13-10-19)32-4-2/h3,5-14,17-18H,1,4,15-16H2,2H3/b26-18+. The Morgan fingerprint density at radius 1 is 1.03 bits per heavy atom. The molecule has 4 aromatic rings. The van der Waals surface area contributed by atoms with Crippen molar-refractivity contribution in [2.75, 3.05) is 13.2 Å². The number of para-hydroxylation sites is 1. The molecule has 5 nitrogen and oxygen atoms in total. The maximum absolute atomic E-state index is 13.0. The zero-order chi connectivity index (χ0) is 23.7. The molecule has 0 atom stereocenters. The summed E-state index contributed by atoms with van der Waals surface area (Å²) in [6, 6.07) is 22.1. The average molecular weight is 469 g/mol. The number of carbonyl (C=O) groups excluding carboxylic acids is 1. The van der Waals surface area contributed by atoms with Gasteiger partial charge < -0.3 is 14.0 Å². The number of thiocarbonyl (C=S) groups is 1. The molecule has 1 fully saturated rings. The number of rotatable bonds is 7. The molecule has 0 aliphatic carbocycles. The molecule has 2 heterocycles. The molecule has 1 saturated heterocycles. The summed E-state index contributed by atoms with van der Waals surface area (Å²) in [5, 5.41) is 2.40. The van der Waals surface area contributed by atoms with Crippen LogP contribution < -0.4 is 4.74 Å². The molecule has 1 aliphatic rings. The van der Waals surface area contributed by atoms with Crippen molar-refractivity contribution in [2.45, 2.75) is 13.3 Å². The molecule has 0 unspecified atom stereocenters. The van der Waals surface area contributed by atoms with Crippen LogP contribution in [0.3, 0.4) is 0 Å². The third-order valence-corrected chi connectivity index (χ3v) is 6.25. The lowest BCUT2D eigenvalue weighted by molar-refractivity contribution is -0.122. The van der Waals surface area contributed by atoms with E-state index in [1.54, 1.807) is 6.08 Å². The Morgan fingerprint density at radius 2 is 1.79 bits per heavy atom. The zero-order valence-electron chi connectivity index (χ0n) is 18.9. The normalized spacial score (nSPS) is 14.9. The molecule has 0 N–H and O–H groups in total. The van der Waals surface area contributed by atoms with Crippen LogP contribution in [-0.4, -0.2) is 33.7 Å². The van der Waals surface area contributed by atoms with Crippen molar-refractivity contribution in [3.8, 4) is 5.75 Å². The van der Waals surface area contributed by atoms with E-state index in [1.165, 1.54) is 4.90 Å². The van der Waals surface area contributed by atoms with Gasteiger partial charge in [-0.1, -0.05) is 43.0 Å². The van der Waals surface area contributed by atoms with Gasteiger partial charge in [-0.3, -0.25) is 9.69 Å². The summed E-state index contributed by atoms with van der Waals surface area (Å²) >= 11 is 5.35. The highest BCUT2D eigenvalue weighted by Gasteiger charge is 2.33. The minimum Gasteiger partial charge on any atom is -0.494 e. The van der Waals surface area contributed by atoms with E-state index in [0.717, 1.165) is 38.7 Å². The largest absolute Gasteiger partial charge is 0.494 e. The Balaban J connectivity index is 1.37. The van der Waals surface area contributed by atoms with Gasteiger partial charge in [0.25, 0.3) is 11.1 Å². The van der Waals surface area contributed by atoms with Crippen LogP contribution in [0.25, 0.3) is 34.1 Å². The second-order valence-electron chi connectivity index (χ2n) is 8.01. The summed E-state index contributed by atoms with van der Waals surface area (Å²) in [7, 11) is 0. The lowest BCUT2D eigenvalue weighted by Gasteiger charge is -2.12. The lowest BCUT2D eigenvalue weighted by atomic mass is 10.1. The molecule has 0 radical (unpaired) electrons. The number of ether oxygens (including phenoxy) is 2. The molecule has 34 heavy (non-hydrogen) atoms. The number of hydrogen-bond acceptors (Lipinski definition) is 4. The van der Waals surface area contributed by atoms with Gasteiger partial charge in [-0.05, 0) is 73.1 Å². The number of amides is 1. The van der Waals surface area contributed by atoms with Crippen LogP contribution >= 0.6 is 12.2 Å². The first-order valence-electron chi connectivity index (χ1n) is 11.2. The highest BCUT2D eigenvalue weighted by atomic mass is 32.1. The Kier molecular flexibility index (Phi) is 5.90. The van der Waals surface area contributed by atoms with Gasteiger partial charge >= 0.3 is 0 Å². The van der Waals surface area contributed by atoms with Gasteiger partial charge in [0.2, 0.25) is 0 Å². The second kappa shape index (κ2) is 9.15. The molecule has 0 saturated carbocycles. The predicted octanol–water partition coefficient (Wildman–Crippen LogP) is 6.02. The number of hydrogen-bond donors (Lipinski definition) is 0. The Labute approximate surface area is 203 Å². The Hall–Kier alpha value is -3.90. The van der Waals surface area contributed by atoms with Gasteiger partial charge in [0.15, 0.2) is 5.76 Å². The highest BCUT2D eigenvalue weighted by Crippen LogP contribution is 2.31. The van der Waals surface area contributed by atoms with Gasteiger partial charge in [0.05, 0.1) is 17.6 Å². The van der Waals surface area contributed by atoms with E-state index in [1.807, 2.05) is 61.7 Å². The predicted molar refractivity (Wildman–Crippen MR) is 141 cm³/mol. The van der Waals surface area contributed by atoms with Crippen LogP contribution in [-0.2, 0) is 16.0 Å². The van der Waals surface area contributed by atoms with E-state index in [4.69, 9.17) is 21.7 Å². The monoisotopic (exact) mass is 468 g/mol. The third kappa shape index (κ3) is 3.97. The maximum Gasteiger partial charge on any atom is 0.297 e. The molecule has 170 valence electrons. The lowest BCUT2D eigenvalue weighted by Crippen LogP contribution is -2.30. The van der Waals surface area contributed by atoms with E-state index in [2.05, 4.69) is 29.3 Å². The molecule has 1 amide bonds. The van der Waals surface area contributed by atoms with Gasteiger partial charge in [0.1, 0.15) is 5.75 Å². The van der Waals surface area contributed by atoms with Crippen molar-refractivity contribution in [2.24, 2.45) is 0 Å². The minimum absolute atomic E-state index is 0.187. The zero-order valence-corrected chi connectivity index (χ0v) is 19.7. The van der Waals surface area contributed by atoms with Crippen LogP contribution in [0, 0.1) is 0 Å². The first-order valence-corrected chi connectivity index (χ1v) is 11.6. The molecule has 5 rings (SSSR count). The summed E-state index contributed by atoms with van der Waals surface area (Å²) in [5.41, 5.74) is 4.12. The molecule has 1 aliphatic heterocycles. The van der Waals surface area contributed by atoms with Crippen molar-refractivity contribution in [1.29, 1.82) is 0 Å². The fraction of sp³-hybridized carbons (Fsp3) is 0.143. The van der Waals surface area contributed by atoms with Crippen LogP contribution in [0.15, 0.2) is 79.1 Å².